The van der Waals surface area contributed by atoms with E-state index in [0.29, 0.717) is 6.04 Å². The Bertz CT molecular complexity index is 737. The van der Waals surface area contributed by atoms with E-state index in [0.717, 1.165) is 29.9 Å². The predicted molar refractivity (Wildman–Crippen MR) is 88.5 cm³/mol. The summed E-state index contributed by atoms with van der Waals surface area (Å²) < 4.78 is 0. The number of anilines is 1. The van der Waals surface area contributed by atoms with Crippen LogP contribution < -0.4 is 4.90 Å². The lowest BCUT2D eigenvalue weighted by Gasteiger charge is -2.45. The lowest BCUT2D eigenvalue weighted by molar-refractivity contribution is 0.216. The minimum Gasteiger partial charge on any atom is -0.396 e. The number of aryl methyl sites for hydroxylation is 1. The van der Waals surface area contributed by atoms with Crippen LogP contribution in [0.15, 0.2) is 6.33 Å². The normalized spacial score (nSPS) is 27.2. The molecule has 1 saturated carbocycles. The van der Waals surface area contributed by atoms with Gasteiger partial charge in [-0.1, -0.05) is 19.3 Å². The number of aliphatic hydroxyl groups is 1. The highest BCUT2D eigenvalue weighted by molar-refractivity contribution is 7.19. The highest BCUT2D eigenvalue weighted by Gasteiger charge is 2.53. The molecule has 5 heteroatoms. The molecule has 5 rings (SSSR count). The Morgan fingerprint density at radius 2 is 2.14 bits per heavy atom. The number of aromatic nitrogens is 2. The number of hydrogen-bond acceptors (Lipinski definition) is 5. The Hall–Kier alpha value is -1.20. The molecule has 4 nitrogen and oxygen atoms in total. The maximum absolute atomic E-state index is 9.77. The van der Waals surface area contributed by atoms with E-state index < -0.39 is 0 Å². The van der Waals surface area contributed by atoms with Gasteiger partial charge in [-0.15, -0.1) is 11.3 Å². The molecule has 1 atom stereocenters. The minimum atomic E-state index is 0.00269. The first-order valence-corrected chi connectivity index (χ1v) is 9.34. The first-order valence-electron chi connectivity index (χ1n) is 8.52. The SMILES string of the molecule is OCC[C@@]12CCc3sc4ncnc(c4c31)N2C1CCCCC1. The van der Waals surface area contributed by atoms with Crippen LogP contribution in [0.5, 0.6) is 0 Å². The molecule has 0 bridgehead atoms. The molecule has 1 N–H and O–H groups in total. The van der Waals surface area contributed by atoms with Crippen molar-refractivity contribution in [3.63, 3.8) is 0 Å². The molecule has 2 aromatic rings. The van der Waals surface area contributed by atoms with Crippen molar-refractivity contribution in [2.24, 2.45) is 0 Å². The van der Waals surface area contributed by atoms with E-state index in [2.05, 4.69) is 9.88 Å². The van der Waals surface area contributed by atoms with E-state index in [-0.39, 0.29) is 12.1 Å². The Kier molecular flexibility index (Phi) is 2.80. The average molecular weight is 315 g/mol. The highest BCUT2D eigenvalue weighted by atomic mass is 32.1. The summed E-state index contributed by atoms with van der Waals surface area (Å²) in [5.74, 6) is 1.16. The van der Waals surface area contributed by atoms with Crippen LogP contribution in [0.1, 0.15) is 55.4 Å². The van der Waals surface area contributed by atoms with Crippen LogP contribution in [0.4, 0.5) is 5.82 Å². The van der Waals surface area contributed by atoms with Crippen LogP contribution in [0.25, 0.3) is 10.2 Å². The molecule has 22 heavy (non-hydrogen) atoms. The zero-order valence-electron chi connectivity index (χ0n) is 12.7. The van der Waals surface area contributed by atoms with Crippen LogP contribution in [0.2, 0.25) is 0 Å². The molecule has 3 aliphatic rings. The van der Waals surface area contributed by atoms with E-state index in [1.54, 1.807) is 6.33 Å². The van der Waals surface area contributed by atoms with Gasteiger partial charge in [-0.25, -0.2) is 9.97 Å². The molecule has 1 fully saturated rings. The smallest absolute Gasteiger partial charge is 0.142 e. The van der Waals surface area contributed by atoms with Crippen molar-refractivity contribution in [1.29, 1.82) is 0 Å². The standard InChI is InChI=1S/C17H21N3OS/c21-9-8-17-7-6-12-14(17)13-15(18-10-19-16(13)22-12)20(17)11-4-2-1-3-5-11/h10-11,21H,1-9H2/t17-/m0/s1. The molecule has 116 valence electrons. The van der Waals surface area contributed by atoms with Gasteiger partial charge < -0.3 is 10.0 Å². The maximum atomic E-state index is 9.77. The fourth-order valence-electron chi connectivity index (χ4n) is 5.12. The van der Waals surface area contributed by atoms with Crippen molar-refractivity contribution >= 4 is 27.4 Å². The first kappa shape index (κ1) is 13.3. The number of thiophene rings is 1. The molecule has 2 aliphatic carbocycles. The summed E-state index contributed by atoms with van der Waals surface area (Å²) >= 11 is 1.84. The van der Waals surface area contributed by atoms with Gasteiger partial charge in [0.05, 0.1) is 10.9 Å². The second-order valence-corrected chi connectivity index (χ2v) is 8.03. The Balaban J connectivity index is 1.74. The molecule has 0 aromatic carbocycles. The van der Waals surface area contributed by atoms with Crippen molar-refractivity contribution in [2.45, 2.75) is 62.9 Å². The number of rotatable bonds is 3. The maximum Gasteiger partial charge on any atom is 0.142 e. The molecule has 0 amide bonds. The lowest BCUT2D eigenvalue weighted by Crippen LogP contribution is -2.49. The third-order valence-corrected chi connectivity index (χ3v) is 7.08. The van der Waals surface area contributed by atoms with Gasteiger partial charge in [-0.2, -0.15) is 0 Å². The van der Waals surface area contributed by atoms with E-state index in [1.807, 2.05) is 11.3 Å². The topological polar surface area (TPSA) is 49.3 Å². The Morgan fingerprint density at radius 1 is 1.27 bits per heavy atom. The van der Waals surface area contributed by atoms with E-state index in [9.17, 15) is 5.11 Å². The van der Waals surface area contributed by atoms with E-state index in [4.69, 9.17) is 4.98 Å². The number of aliphatic hydroxyl groups excluding tert-OH is 1. The number of hydrogen-bond donors (Lipinski definition) is 1. The van der Waals surface area contributed by atoms with Crippen molar-refractivity contribution in [3.05, 3.63) is 16.8 Å². The van der Waals surface area contributed by atoms with E-state index >= 15 is 0 Å². The van der Waals surface area contributed by atoms with Gasteiger partial charge in [0.1, 0.15) is 17.0 Å². The third-order valence-electron chi connectivity index (χ3n) is 5.93. The summed E-state index contributed by atoms with van der Waals surface area (Å²) in [6.45, 7) is 0.251. The van der Waals surface area contributed by atoms with Crippen LogP contribution in [-0.2, 0) is 12.0 Å². The van der Waals surface area contributed by atoms with Crippen molar-refractivity contribution in [3.8, 4) is 0 Å². The van der Waals surface area contributed by atoms with Gasteiger partial charge in [-0.05, 0) is 32.1 Å². The second kappa shape index (κ2) is 4.65. The zero-order valence-corrected chi connectivity index (χ0v) is 13.5. The zero-order chi connectivity index (χ0) is 14.7. The molecule has 3 heterocycles. The molecular formula is C17H21N3OS. The monoisotopic (exact) mass is 315 g/mol. The van der Waals surface area contributed by atoms with Gasteiger partial charge in [0.2, 0.25) is 0 Å². The van der Waals surface area contributed by atoms with Crippen molar-refractivity contribution in [2.75, 3.05) is 11.5 Å². The van der Waals surface area contributed by atoms with Crippen LogP contribution in [0, 0.1) is 0 Å². The van der Waals surface area contributed by atoms with Crippen LogP contribution in [-0.4, -0.2) is 27.7 Å². The molecule has 0 radical (unpaired) electrons. The Labute approximate surface area is 134 Å². The Morgan fingerprint density at radius 3 is 2.95 bits per heavy atom. The molecule has 0 spiro atoms. The fraction of sp³-hybridized carbons (Fsp3) is 0.647. The molecular weight excluding hydrogens is 294 g/mol. The predicted octanol–water partition coefficient (Wildman–Crippen LogP) is 3.37. The fourth-order valence-corrected chi connectivity index (χ4v) is 6.35. The van der Waals surface area contributed by atoms with Gasteiger partial charge >= 0.3 is 0 Å². The average Bonchev–Trinajstić information content (AvgIpc) is 3.16. The summed E-state index contributed by atoms with van der Waals surface area (Å²) in [6, 6.07) is 0.585. The third kappa shape index (κ3) is 1.51. The van der Waals surface area contributed by atoms with Crippen LogP contribution >= 0.6 is 11.3 Å². The largest absolute Gasteiger partial charge is 0.396 e. The molecule has 0 unspecified atom stereocenters. The second-order valence-electron chi connectivity index (χ2n) is 6.94. The first-order chi connectivity index (χ1) is 10.8. The summed E-state index contributed by atoms with van der Waals surface area (Å²) in [5, 5.41) is 11.1. The van der Waals surface area contributed by atoms with Gasteiger partial charge in [0.15, 0.2) is 0 Å². The number of nitrogens with zero attached hydrogens (tertiary/aromatic N) is 3. The quantitative estimate of drug-likeness (QED) is 0.943. The molecule has 2 aromatic heterocycles. The van der Waals surface area contributed by atoms with Gasteiger partial charge in [0.25, 0.3) is 0 Å². The van der Waals surface area contributed by atoms with Crippen LogP contribution in [0.3, 0.4) is 0 Å². The van der Waals surface area contributed by atoms with Gasteiger partial charge in [0, 0.05) is 23.1 Å². The van der Waals surface area contributed by atoms with Crippen molar-refractivity contribution < 1.29 is 5.11 Å². The summed E-state index contributed by atoms with van der Waals surface area (Å²) in [5.41, 5.74) is 1.48. The summed E-state index contributed by atoms with van der Waals surface area (Å²) in [7, 11) is 0. The van der Waals surface area contributed by atoms with Gasteiger partial charge in [-0.3, -0.25) is 0 Å². The summed E-state index contributed by atoms with van der Waals surface area (Å²) in [4.78, 5) is 14.5. The van der Waals surface area contributed by atoms with E-state index in [1.165, 1.54) is 47.9 Å². The lowest BCUT2D eigenvalue weighted by atomic mass is 9.85. The summed E-state index contributed by atoms with van der Waals surface area (Å²) in [6.07, 6.45) is 11.4. The minimum absolute atomic E-state index is 0.00269. The van der Waals surface area contributed by atoms with Crippen molar-refractivity contribution in [1.82, 2.24) is 9.97 Å². The highest BCUT2D eigenvalue weighted by Crippen LogP contribution is 2.59. The molecule has 0 saturated heterocycles. The molecule has 1 aliphatic heterocycles.